The van der Waals surface area contributed by atoms with E-state index in [1.54, 1.807) is 11.0 Å². The minimum atomic E-state index is -4.45. The molecule has 0 atom stereocenters. The Balaban J connectivity index is 0.00000243. The summed E-state index contributed by atoms with van der Waals surface area (Å²) in [5.41, 5.74) is 0.890. The van der Waals surface area contributed by atoms with Crippen LogP contribution in [0.4, 0.5) is 18.9 Å². The topological polar surface area (TPSA) is 33.2 Å². The molecule has 3 nitrogen and oxygen atoms in total. The molecular formula is C17H13ClF3N2OSU-. The molecule has 2 heterocycles. The van der Waals surface area contributed by atoms with Crippen LogP contribution in [0, 0.1) is 37.2 Å². The number of carbonyl (C=O) groups excluding carboxylic acids is 1. The number of amides is 1. The van der Waals surface area contributed by atoms with E-state index < -0.39 is 11.7 Å². The molecule has 0 saturated carbocycles. The number of halogens is 4. The summed E-state index contributed by atoms with van der Waals surface area (Å²) in [6.07, 6.45) is -2.00. The fourth-order valence-electron chi connectivity index (χ4n) is 2.64. The Hall–Kier alpha value is -0.678. The van der Waals surface area contributed by atoms with Crippen molar-refractivity contribution in [3.63, 3.8) is 0 Å². The maximum atomic E-state index is 12.5. The van der Waals surface area contributed by atoms with Crippen LogP contribution in [0.2, 0.25) is 5.02 Å². The Bertz CT molecular complexity index is 787. The molecule has 3 rings (SSSR count). The van der Waals surface area contributed by atoms with Gasteiger partial charge in [-0.15, -0.1) is 11.8 Å². The van der Waals surface area contributed by atoms with Crippen LogP contribution in [0.25, 0.3) is 0 Å². The molecule has 1 aliphatic rings. The number of aryl methyl sites for hydroxylation is 1. The number of alkyl halides is 3. The van der Waals surface area contributed by atoms with Crippen molar-refractivity contribution in [2.45, 2.75) is 24.0 Å². The molecule has 0 spiro atoms. The summed E-state index contributed by atoms with van der Waals surface area (Å²) in [6.45, 7) is 0.570. The fourth-order valence-corrected chi connectivity index (χ4v) is 3.62. The van der Waals surface area contributed by atoms with E-state index in [4.69, 9.17) is 11.6 Å². The second-order valence-electron chi connectivity index (χ2n) is 5.49. The predicted molar refractivity (Wildman–Crippen MR) is 90.9 cm³/mol. The van der Waals surface area contributed by atoms with Gasteiger partial charge in [0.25, 0.3) is 0 Å². The van der Waals surface area contributed by atoms with Gasteiger partial charge in [0.05, 0.1) is 16.5 Å². The third kappa shape index (κ3) is 4.98. The zero-order valence-corrected chi connectivity index (χ0v) is 19.2. The third-order valence-electron chi connectivity index (χ3n) is 3.80. The van der Waals surface area contributed by atoms with E-state index in [1.807, 2.05) is 12.1 Å². The average Bonchev–Trinajstić information content (AvgIpc) is 2.59. The van der Waals surface area contributed by atoms with Crippen LogP contribution in [-0.4, -0.2) is 23.2 Å². The number of aromatic nitrogens is 1. The molecule has 1 amide bonds. The number of pyridine rings is 1. The van der Waals surface area contributed by atoms with Crippen molar-refractivity contribution in [2.75, 3.05) is 17.2 Å². The van der Waals surface area contributed by atoms with Gasteiger partial charge in [0, 0.05) is 42.7 Å². The van der Waals surface area contributed by atoms with Crippen LogP contribution in [0.1, 0.15) is 17.5 Å². The number of thioether (sulfide) groups is 1. The maximum absolute atomic E-state index is 12.5. The summed E-state index contributed by atoms with van der Waals surface area (Å²) >= 11 is 7.29. The first kappa shape index (κ1) is 21.6. The van der Waals surface area contributed by atoms with Gasteiger partial charge in [0.15, 0.2) is 0 Å². The number of hydrogen-bond acceptors (Lipinski definition) is 3. The van der Waals surface area contributed by atoms with E-state index in [-0.39, 0.29) is 47.8 Å². The van der Waals surface area contributed by atoms with Crippen molar-refractivity contribution in [1.82, 2.24) is 4.98 Å². The minimum absolute atomic E-state index is 0. The molecule has 1 aromatic heterocycles. The number of fused-ring (bicyclic) bond motifs is 1. The first-order chi connectivity index (χ1) is 11.9. The summed E-state index contributed by atoms with van der Waals surface area (Å²) in [5.74, 6) is -0.103. The Morgan fingerprint density at radius 3 is 2.81 bits per heavy atom. The first-order valence-electron chi connectivity index (χ1n) is 7.52. The SMILES string of the molecule is O=C(CSc1[c-]cc(C(F)(F)F)cn1)N1CCCc2cccc(Cl)c21.[U]. The second kappa shape index (κ2) is 9.01. The molecule has 0 unspecified atom stereocenters. The van der Waals surface area contributed by atoms with E-state index in [2.05, 4.69) is 11.1 Å². The molecule has 0 radical (unpaired) electrons. The fraction of sp³-hybridized carbons (Fsp3) is 0.294. The maximum Gasteiger partial charge on any atom is 0.350 e. The zero-order chi connectivity index (χ0) is 18.0. The van der Waals surface area contributed by atoms with Crippen LogP contribution < -0.4 is 4.90 Å². The third-order valence-corrected chi connectivity index (χ3v) is 4.99. The Morgan fingerprint density at radius 2 is 2.15 bits per heavy atom. The van der Waals surface area contributed by atoms with E-state index >= 15 is 0 Å². The van der Waals surface area contributed by atoms with Crippen LogP contribution in [-0.2, 0) is 17.4 Å². The van der Waals surface area contributed by atoms with E-state index in [0.29, 0.717) is 11.6 Å². The molecule has 0 N–H and O–H groups in total. The average molecular weight is 624 g/mol. The summed E-state index contributed by atoms with van der Waals surface area (Å²) in [7, 11) is 0. The van der Waals surface area contributed by atoms with E-state index in [1.165, 1.54) is 0 Å². The van der Waals surface area contributed by atoms with Crippen molar-refractivity contribution in [1.29, 1.82) is 0 Å². The summed E-state index contributed by atoms with van der Waals surface area (Å²) in [4.78, 5) is 17.9. The largest absolute Gasteiger partial charge is 0.350 e. The van der Waals surface area contributed by atoms with E-state index in [9.17, 15) is 18.0 Å². The Morgan fingerprint density at radius 1 is 1.38 bits per heavy atom. The quantitative estimate of drug-likeness (QED) is 0.370. The molecule has 9 heteroatoms. The number of anilines is 1. The van der Waals surface area contributed by atoms with Crippen molar-refractivity contribution in [3.8, 4) is 0 Å². The number of carbonyl (C=O) groups is 1. The van der Waals surface area contributed by atoms with Gasteiger partial charge in [-0.2, -0.15) is 13.2 Å². The van der Waals surface area contributed by atoms with Crippen LogP contribution >= 0.6 is 23.4 Å². The molecular weight excluding hydrogens is 611 g/mol. The molecule has 1 aromatic carbocycles. The molecule has 0 bridgehead atoms. The van der Waals surface area contributed by atoms with Gasteiger partial charge >= 0.3 is 6.18 Å². The smallest absolute Gasteiger partial charge is 0.310 e. The number of hydrogen-bond donors (Lipinski definition) is 0. The molecule has 0 fully saturated rings. The normalized spacial score (nSPS) is 13.8. The predicted octanol–water partition coefficient (Wildman–Crippen LogP) is 4.63. The number of rotatable bonds is 3. The number of para-hydroxylation sites is 1. The zero-order valence-electron chi connectivity index (χ0n) is 13.4. The Labute approximate surface area is 182 Å². The van der Waals surface area contributed by atoms with Gasteiger partial charge in [0.1, 0.15) is 0 Å². The Kier molecular flexibility index (Phi) is 7.49. The van der Waals surface area contributed by atoms with Gasteiger partial charge in [-0.1, -0.05) is 29.3 Å². The monoisotopic (exact) mass is 623 g/mol. The van der Waals surface area contributed by atoms with Gasteiger partial charge in [-0.25, -0.2) is 12.1 Å². The van der Waals surface area contributed by atoms with Crippen LogP contribution in [0.15, 0.2) is 35.5 Å². The standard InChI is InChI=1S/C17H13ClF3N2OS.U/c18-13-5-1-3-11-4-2-8-23(16(11)13)15(24)10-25-14-7-6-12(9-22-14)17(19,20)21;/h1,3,5-6,9H,2,4,8,10H2;/q-1;. The molecule has 1 aliphatic heterocycles. The van der Waals surface area contributed by atoms with Crippen LogP contribution in [0.3, 0.4) is 0 Å². The van der Waals surface area contributed by atoms with Crippen molar-refractivity contribution in [2.24, 2.45) is 0 Å². The van der Waals surface area contributed by atoms with Crippen molar-refractivity contribution in [3.05, 3.63) is 52.7 Å². The van der Waals surface area contributed by atoms with Crippen LogP contribution in [0.5, 0.6) is 0 Å². The number of benzene rings is 1. The second-order valence-corrected chi connectivity index (χ2v) is 6.86. The van der Waals surface area contributed by atoms with Gasteiger partial charge < -0.3 is 4.90 Å². The van der Waals surface area contributed by atoms with Gasteiger partial charge in [0.2, 0.25) is 5.91 Å². The number of nitrogens with zero attached hydrogens (tertiary/aromatic N) is 2. The molecule has 26 heavy (non-hydrogen) atoms. The van der Waals surface area contributed by atoms with Crippen molar-refractivity contribution >= 4 is 35.0 Å². The first-order valence-corrected chi connectivity index (χ1v) is 8.88. The molecule has 2 aromatic rings. The molecule has 0 aliphatic carbocycles. The molecule has 136 valence electrons. The van der Waals surface area contributed by atoms with E-state index in [0.717, 1.165) is 48.1 Å². The van der Waals surface area contributed by atoms with Gasteiger partial charge in [-0.3, -0.25) is 9.78 Å². The molecule has 0 saturated heterocycles. The van der Waals surface area contributed by atoms with Gasteiger partial charge in [-0.05, 0) is 30.7 Å². The summed E-state index contributed by atoms with van der Waals surface area (Å²) in [6, 6.07) is 8.84. The minimum Gasteiger partial charge on any atom is -0.310 e. The van der Waals surface area contributed by atoms with Crippen molar-refractivity contribution < 1.29 is 49.1 Å². The summed E-state index contributed by atoms with van der Waals surface area (Å²) in [5, 5.41) is 0.771. The summed E-state index contributed by atoms with van der Waals surface area (Å²) < 4.78 is 37.5.